The van der Waals surface area contributed by atoms with Crippen molar-refractivity contribution in [3.8, 4) is 0 Å². The maximum absolute atomic E-state index is 8.88. The number of hydrogen-bond donors (Lipinski definition) is 9. The fourth-order valence-electron chi connectivity index (χ4n) is 0. The fraction of sp³-hybridized carbons (Fsp3) is 0. The summed E-state index contributed by atoms with van der Waals surface area (Å²) < 4.78 is 26.6. The maximum atomic E-state index is 8.88. The molecule has 9 N–H and O–H groups in total. The molecule has 0 spiro atoms. The predicted molar refractivity (Wildman–Crippen MR) is 82.7 cm³/mol. The van der Waals surface area contributed by atoms with Gasteiger partial charge in [-0.3, -0.25) is 0 Å². The Hall–Kier alpha value is 6.63. The van der Waals surface area contributed by atoms with Gasteiger partial charge >= 0.3 is 212 Å². The van der Waals surface area contributed by atoms with E-state index in [4.69, 9.17) is 57.7 Å². The summed E-state index contributed by atoms with van der Waals surface area (Å²) in [5.74, 6) is 0. The third-order valence-corrected chi connectivity index (χ3v) is 0. The van der Waals surface area contributed by atoms with Crippen LogP contribution in [0.25, 0.3) is 0 Å². The first-order chi connectivity index (χ1) is 6.00. The van der Waals surface area contributed by atoms with Gasteiger partial charge in [-0.15, -0.1) is 0 Å². The molecule has 0 unspecified atom stereocenters. The van der Waals surface area contributed by atoms with E-state index in [1.807, 2.05) is 0 Å². The van der Waals surface area contributed by atoms with Gasteiger partial charge in [0.15, 0.2) is 0 Å². The molecular weight excluding hydrogens is 485 g/mol. The third-order valence-electron chi connectivity index (χ3n) is 0. The van der Waals surface area contributed by atoms with E-state index in [2.05, 4.69) is 0 Å². The van der Waals surface area contributed by atoms with Crippen molar-refractivity contribution >= 4 is 212 Å². The van der Waals surface area contributed by atoms with Crippen molar-refractivity contribution < 1.29 is 72.0 Å². The molecule has 20 heavy (non-hydrogen) atoms. The average molecular weight is 504 g/mol. The third kappa shape index (κ3) is 313. The second-order valence-electron chi connectivity index (χ2n) is 1.54. The van der Waals surface area contributed by atoms with E-state index >= 15 is 0 Å². The van der Waals surface area contributed by atoms with E-state index in [0.717, 1.165) is 0 Å². The molecule has 0 aliphatic heterocycles. The van der Waals surface area contributed by atoms with E-state index in [1.54, 1.807) is 0 Å². The van der Waals surface area contributed by atoms with Gasteiger partial charge in [-0.1, -0.05) is 0 Å². The molecule has 0 bridgehead atoms. The predicted octanol–water partition coefficient (Wildman–Crippen LogP) is -3.56. The van der Waals surface area contributed by atoms with Crippen LogP contribution in [0.5, 0.6) is 0 Å². The van der Waals surface area contributed by atoms with Crippen molar-refractivity contribution in [1.29, 1.82) is 0 Å². The standard InChI is InChI=1S/5Ca.3H3O4P.10H/c;;;;;3*1-5(2,3)4;;;;;;;;;;/h;;;;;3*(H3,1,2,3,4);;;;;;;;;;/q5*+2;;;;10*-1. The largest absolute Gasteiger partial charge is 2.00 e. The van der Waals surface area contributed by atoms with Crippen molar-refractivity contribution in [3.63, 3.8) is 0 Å². The van der Waals surface area contributed by atoms with Crippen LogP contribution in [-0.4, -0.2) is 233 Å². The summed E-state index contributed by atoms with van der Waals surface area (Å²) >= 11 is 0. The Morgan fingerprint density at radius 2 is 0.400 bits per heavy atom. The van der Waals surface area contributed by atoms with Gasteiger partial charge in [-0.05, 0) is 0 Å². The van der Waals surface area contributed by atoms with Crippen LogP contribution in [0, 0.1) is 0 Å². The monoisotopic (exact) mass is 504 g/mol. The summed E-state index contributed by atoms with van der Waals surface area (Å²) in [4.78, 5) is 64.7. The fourth-order valence-corrected chi connectivity index (χ4v) is 0. The van der Waals surface area contributed by atoms with Gasteiger partial charge in [-0.25, -0.2) is 13.7 Å². The average Bonchev–Trinajstić information content (AvgIpc) is 1.41. The first-order valence-electron chi connectivity index (χ1n) is 2.35. The Balaban J connectivity index is -0.00000000360. The summed E-state index contributed by atoms with van der Waals surface area (Å²) in [6, 6.07) is 0. The molecule has 0 heterocycles. The smallest absolute Gasteiger partial charge is 1.00 e. The van der Waals surface area contributed by atoms with Crippen molar-refractivity contribution in [1.82, 2.24) is 0 Å². The van der Waals surface area contributed by atoms with Crippen LogP contribution in [0.15, 0.2) is 0 Å². The number of rotatable bonds is 0. The van der Waals surface area contributed by atoms with Crippen LogP contribution in [0.2, 0.25) is 0 Å². The van der Waals surface area contributed by atoms with Crippen LogP contribution in [0.3, 0.4) is 0 Å². The van der Waals surface area contributed by atoms with E-state index < -0.39 is 23.5 Å². The molecule has 12 nitrogen and oxygen atoms in total. The Bertz CT molecular complexity index is 241. The molecule has 0 rings (SSSR count). The molecule has 0 radical (unpaired) electrons. The maximum Gasteiger partial charge on any atom is 2.00 e. The second-order valence-corrected chi connectivity index (χ2v) is 4.62. The molecule has 0 saturated carbocycles. The van der Waals surface area contributed by atoms with Crippen LogP contribution in [0.1, 0.15) is 14.3 Å². The molecule has 20 heteroatoms. The molecule has 0 aliphatic carbocycles. The SMILES string of the molecule is O=P(O)(O)O.O=P(O)(O)O.O=P(O)(O)O.[Ca+2].[Ca+2].[Ca+2].[Ca+2].[Ca+2].[H-].[H-].[H-].[H-].[H-].[H-].[H-].[H-].[H-].[H-]. The van der Waals surface area contributed by atoms with E-state index in [0.29, 0.717) is 0 Å². The molecule has 0 aromatic carbocycles. The molecule has 116 valence electrons. The van der Waals surface area contributed by atoms with Gasteiger partial charge in [0.05, 0.1) is 0 Å². The first-order valence-corrected chi connectivity index (χ1v) is 7.04. The second kappa shape index (κ2) is 25.6. The van der Waals surface area contributed by atoms with Gasteiger partial charge in [0.1, 0.15) is 0 Å². The Morgan fingerprint density at radius 1 is 0.400 bits per heavy atom. The van der Waals surface area contributed by atoms with Gasteiger partial charge in [0, 0.05) is 0 Å². The topological polar surface area (TPSA) is 233 Å². The molecule has 0 atom stereocenters. The summed E-state index contributed by atoms with van der Waals surface area (Å²) in [5, 5.41) is 0. The van der Waals surface area contributed by atoms with Crippen molar-refractivity contribution in [2.24, 2.45) is 0 Å². The van der Waals surface area contributed by atoms with E-state index in [9.17, 15) is 0 Å². The van der Waals surface area contributed by atoms with Gasteiger partial charge in [0.25, 0.3) is 0 Å². The zero-order valence-electron chi connectivity index (χ0n) is 20.1. The van der Waals surface area contributed by atoms with E-state index in [-0.39, 0.29) is 203 Å². The summed E-state index contributed by atoms with van der Waals surface area (Å²) in [5.41, 5.74) is 0. The van der Waals surface area contributed by atoms with Crippen LogP contribution in [0.4, 0.5) is 0 Å². The van der Waals surface area contributed by atoms with Crippen LogP contribution < -0.4 is 0 Å². The van der Waals surface area contributed by atoms with Crippen molar-refractivity contribution in [3.05, 3.63) is 0 Å². The summed E-state index contributed by atoms with van der Waals surface area (Å²) in [6.07, 6.45) is 0. The molecule has 0 aliphatic rings. The molecule has 0 fully saturated rings. The quantitative estimate of drug-likeness (QED) is 0.115. The first kappa shape index (κ1) is 50.4. The van der Waals surface area contributed by atoms with Gasteiger partial charge < -0.3 is 58.3 Å². The van der Waals surface area contributed by atoms with Gasteiger partial charge in [0.2, 0.25) is 0 Å². The molecule has 0 amide bonds. The minimum Gasteiger partial charge on any atom is -1.00 e. The summed E-state index contributed by atoms with van der Waals surface area (Å²) in [7, 11) is -13.9. The van der Waals surface area contributed by atoms with Crippen LogP contribution in [-0.2, 0) is 13.7 Å². The molecule has 0 aromatic rings. The Labute approximate surface area is 278 Å². The molecule has 0 aromatic heterocycles. The number of phosphoric acid groups is 3. The van der Waals surface area contributed by atoms with Crippen LogP contribution >= 0.6 is 23.5 Å². The molecular formula is H19Ca5O12P3. The minimum absolute atomic E-state index is 0. The normalized spacial score (nSPS) is 8.85. The van der Waals surface area contributed by atoms with Gasteiger partial charge in [-0.2, -0.15) is 0 Å². The summed E-state index contributed by atoms with van der Waals surface area (Å²) in [6.45, 7) is 0. The van der Waals surface area contributed by atoms with Crippen molar-refractivity contribution in [2.45, 2.75) is 0 Å². The zero-order chi connectivity index (χ0) is 13.5. The van der Waals surface area contributed by atoms with E-state index in [1.165, 1.54) is 0 Å². The molecule has 0 saturated heterocycles. The zero-order valence-corrected chi connectivity index (χ0v) is 23.9. The number of hydrogen-bond acceptors (Lipinski definition) is 3. The Morgan fingerprint density at radius 3 is 0.400 bits per heavy atom. The minimum atomic E-state index is -4.64. The Kier molecular flexibility index (Phi) is 64.6. The van der Waals surface area contributed by atoms with Crippen molar-refractivity contribution in [2.75, 3.05) is 0 Å².